The Morgan fingerprint density at radius 2 is 2.10 bits per heavy atom. The molecule has 0 unspecified atom stereocenters. The van der Waals surface area contributed by atoms with Crippen molar-refractivity contribution in [1.29, 1.82) is 0 Å². The lowest BCUT2D eigenvalue weighted by molar-refractivity contribution is 0.101. The number of hydrogen-bond donors (Lipinski definition) is 2. The number of nitrogens with one attached hydrogen (secondary N) is 1. The number of benzene rings is 1. The number of nitrogens with two attached hydrogens (primary N) is 1. The lowest BCUT2D eigenvalue weighted by Crippen LogP contribution is -2.35. The Hall–Kier alpha value is -1.55. The van der Waals surface area contributed by atoms with E-state index in [1.165, 1.54) is 25.9 Å². The lowest BCUT2D eigenvalue weighted by Gasteiger charge is -2.31. The molecule has 0 aromatic heterocycles. The maximum Gasteiger partial charge on any atom is 0.161 e. The summed E-state index contributed by atoms with van der Waals surface area (Å²) < 4.78 is 0. The molecule has 1 heterocycles. The summed E-state index contributed by atoms with van der Waals surface area (Å²) in [5, 5.41) is 3.44. The molecule has 20 heavy (non-hydrogen) atoms. The highest BCUT2D eigenvalue weighted by Gasteiger charge is 2.17. The smallest absolute Gasteiger partial charge is 0.161 e. The van der Waals surface area contributed by atoms with Crippen LogP contribution in [0.4, 0.5) is 11.4 Å². The van der Waals surface area contributed by atoms with Crippen LogP contribution in [0.5, 0.6) is 0 Å². The fraction of sp³-hybridized carbons (Fsp3) is 0.562. The monoisotopic (exact) mass is 275 g/mol. The van der Waals surface area contributed by atoms with Crippen LogP contribution in [-0.2, 0) is 0 Å². The number of ketones is 1. The Morgan fingerprint density at radius 1 is 1.40 bits per heavy atom. The van der Waals surface area contributed by atoms with Crippen LogP contribution in [0.25, 0.3) is 0 Å². The number of carbonyl (C=O) groups excluding carboxylic acids is 1. The molecule has 0 atom stereocenters. The van der Waals surface area contributed by atoms with Crippen LogP contribution >= 0.6 is 0 Å². The number of Topliss-reactive ketones (excluding diaryl/α,β-unsaturated/α-hetero) is 1. The van der Waals surface area contributed by atoms with E-state index in [-0.39, 0.29) is 5.78 Å². The Kier molecular flexibility index (Phi) is 5.01. The zero-order valence-electron chi connectivity index (χ0n) is 12.5. The molecule has 1 aromatic rings. The third-order valence-electron chi connectivity index (χ3n) is 4.18. The van der Waals surface area contributed by atoms with E-state index in [1.807, 2.05) is 12.1 Å². The van der Waals surface area contributed by atoms with Crippen molar-refractivity contribution in [3.05, 3.63) is 23.8 Å². The zero-order chi connectivity index (χ0) is 14.5. The van der Waals surface area contributed by atoms with Crippen molar-refractivity contribution in [3.63, 3.8) is 0 Å². The first-order chi connectivity index (χ1) is 9.60. The van der Waals surface area contributed by atoms with Crippen LogP contribution in [0.2, 0.25) is 0 Å². The molecule has 3 N–H and O–H groups in total. The van der Waals surface area contributed by atoms with Crippen LogP contribution < -0.4 is 11.1 Å². The third kappa shape index (κ3) is 3.73. The molecule has 2 rings (SSSR count). The highest BCUT2D eigenvalue weighted by molar-refractivity contribution is 5.99. The van der Waals surface area contributed by atoms with Crippen molar-refractivity contribution in [1.82, 2.24) is 4.90 Å². The first-order valence-corrected chi connectivity index (χ1v) is 7.46. The molecule has 1 aliphatic heterocycles. The van der Waals surface area contributed by atoms with Crippen LogP contribution in [0.3, 0.4) is 0 Å². The largest absolute Gasteiger partial charge is 0.398 e. The molecular weight excluding hydrogens is 250 g/mol. The van der Waals surface area contributed by atoms with Gasteiger partial charge in [-0.1, -0.05) is 6.92 Å². The fourth-order valence-electron chi connectivity index (χ4n) is 2.74. The van der Waals surface area contributed by atoms with E-state index in [0.29, 0.717) is 11.3 Å². The van der Waals surface area contributed by atoms with Crippen molar-refractivity contribution in [2.75, 3.05) is 37.2 Å². The number of likely N-dealkylation sites (tertiary alicyclic amines) is 1. The van der Waals surface area contributed by atoms with Crippen LogP contribution in [0.1, 0.15) is 37.0 Å². The minimum atomic E-state index is 0.0161. The van der Waals surface area contributed by atoms with Gasteiger partial charge in [-0.25, -0.2) is 0 Å². The molecule has 0 bridgehead atoms. The van der Waals surface area contributed by atoms with Crippen molar-refractivity contribution in [2.45, 2.75) is 26.7 Å². The number of carbonyl (C=O) groups is 1. The first-order valence-electron chi connectivity index (χ1n) is 7.46. The molecule has 4 heteroatoms. The Balaban J connectivity index is 1.88. The van der Waals surface area contributed by atoms with Gasteiger partial charge in [-0.2, -0.15) is 0 Å². The number of nitrogens with zero attached hydrogens (tertiary/aromatic N) is 1. The van der Waals surface area contributed by atoms with E-state index in [9.17, 15) is 4.79 Å². The highest BCUT2D eigenvalue weighted by atomic mass is 16.1. The van der Waals surface area contributed by atoms with Gasteiger partial charge < -0.3 is 16.0 Å². The first kappa shape index (κ1) is 14.9. The summed E-state index contributed by atoms with van der Waals surface area (Å²) in [5.41, 5.74) is 7.96. The fourth-order valence-corrected chi connectivity index (χ4v) is 2.74. The van der Waals surface area contributed by atoms with E-state index >= 15 is 0 Å². The molecule has 1 aliphatic rings. The predicted octanol–water partition coefficient (Wildman–Crippen LogP) is 2.62. The average molecular weight is 275 g/mol. The maximum absolute atomic E-state index is 11.5. The van der Waals surface area contributed by atoms with Crippen LogP contribution in [0, 0.1) is 5.92 Å². The van der Waals surface area contributed by atoms with Gasteiger partial charge in [-0.05, 0) is 63.5 Å². The summed E-state index contributed by atoms with van der Waals surface area (Å²) in [4.78, 5) is 14.0. The van der Waals surface area contributed by atoms with E-state index in [4.69, 9.17) is 5.73 Å². The molecule has 0 amide bonds. The third-order valence-corrected chi connectivity index (χ3v) is 4.18. The number of hydrogen-bond acceptors (Lipinski definition) is 4. The van der Waals surface area contributed by atoms with Gasteiger partial charge in [0.05, 0.1) is 0 Å². The number of anilines is 2. The van der Waals surface area contributed by atoms with Gasteiger partial charge in [-0.15, -0.1) is 0 Å². The molecule has 110 valence electrons. The summed E-state index contributed by atoms with van der Waals surface area (Å²) in [6.07, 6.45) is 2.49. The van der Waals surface area contributed by atoms with E-state index in [1.54, 1.807) is 13.0 Å². The topological polar surface area (TPSA) is 58.4 Å². The Labute approximate surface area is 121 Å². The molecular formula is C16H25N3O. The molecule has 0 radical (unpaired) electrons. The predicted molar refractivity (Wildman–Crippen MR) is 84.2 cm³/mol. The minimum Gasteiger partial charge on any atom is -0.398 e. The highest BCUT2D eigenvalue weighted by Crippen LogP contribution is 2.21. The molecule has 0 aliphatic carbocycles. The molecule has 1 aromatic carbocycles. The summed E-state index contributed by atoms with van der Waals surface area (Å²) in [6.45, 7) is 8.29. The summed E-state index contributed by atoms with van der Waals surface area (Å²) in [5.74, 6) is 0.735. The van der Waals surface area contributed by atoms with Gasteiger partial charge in [0.2, 0.25) is 0 Å². The summed E-state index contributed by atoms with van der Waals surface area (Å²) in [7, 11) is 0. The van der Waals surface area contributed by atoms with E-state index in [0.717, 1.165) is 24.7 Å². The van der Waals surface area contributed by atoms with Crippen LogP contribution in [-0.4, -0.2) is 36.9 Å². The zero-order valence-corrected chi connectivity index (χ0v) is 12.5. The molecule has 1 fully saturated rings. The quantitative estimate of drug-likeness (QED) is 0.640. The molecule has 0 spiro atoms. The Morgan fingerprint density at radius 3 is 2.70 bits per heavy atom. The second-order valence-electron chi connectivity index (χ2n) is 5.62. The van der Waals surface area contributed by atoms with Crippen molar-refractivity contribution < 1.29 is 4.79 Å². The Bertz CT molecular complexity index is 465. The standard InChI is InChI=1S/C16H25N3O/c1-3-19-8-6-13(7-9-19)11-18-14-4-5-16(17)15(10-14)12(2)20/h4-5,10,13,18H,3,6-9,11,17H2,1-2H3. The van der Waals surface area contributed by atoms with Crippen molar-refractivity contribution >= 4 is 17.2 Å². The summed E-state index contributed by atoms with van der Waals surface area (Å²) >= 11 is 0. The maximum atomic E-state index is 11.5. The SMILES string of the molecule is CCN1CCC(CNc2ccc(N)c(C(C)=O)c2)CC1. The van der Waals surface area contributed by atoms with Gasteiger partial charge in [0, 0.05) is 23.5 Å². The average Bonchev–Trinajstić information content (AvgIpc) is 2.46. The second-order valence-corrected chi connectivity index (χ2v) is 5.62. The number of piperidine rings is 1. The molecule has 4 nitrogen and oxygen atoms in total. The summed E-state index contributed by atoms with van der Waals surface area (Å²) in [6, 6.07) is 5.61. The normalized spacial score (nSPS) is 17.1. The van der Waals surface area contributed by atoms with Crippen molar-refractivity contribution in [3.8, 4) is 0 Å². The van der Waals surface area contributed by atoms with Gasteiger partial charge in [-0.3, -0.25) is 4.79 Å². The number of rotatable bonds is 5. The molecule has 0 saturated carbocycles. The van der Waals surface area contributed by atoms with Gasteiger partial charge in [0.25, 0.3) is 0 Å². The van der Waals surface area contributed by atoms with Gasteiger partial charge in [0.1, 0.15) is 0 Å². The number of nitrogen functional groups attached to an aromatic ring is 1. The van der Waals surface area contributed by atoms with Gasteiger partial charge >= 0.3 is 0 Å². The molecule has 1 saturated heterocycles. The van der Waals surface area contributed by atoms with E-state index in [2.05, 4.69) is 17.1 Å². The second kappa shape index (κ2) is 6.75. The van der Waals surface area contributed by atoms with E-state index < -0.39 is 0 Å². The van der Waals surface area contributed by atoms with Crippen LogP contribution in [0.15, 0.2) is 18.2 Å². The lowest BCUT2D eigenvalue weighted by atomic mass is 9.96. The van der Waals surface area contributed by atoms with Gasteiger partial charge in [0.15, 0.2) is 5.78 Å². The van der Waals surface area contributed by atoms with Crippen molar-refractivity contribution in [2.24, 2.45) is 5.92 Å². The minimum absolute atomic E-state index is 0.0161.